The number of carbonyl (C=O) groups is 1. The minimum Gasteiger partial charge on any atom is -0.332 e. The molecule has 3 aromatic rings. The van der Waals surface area contributed by atoms with Crippen molar-refractivity contribution >= 4 is 16.9 Å². The van der Waals surface area contributed by atoms with Crippen molar-refractivity contribution in [2.24, 2.45) is 0 Å². The van der Waals surface area contributed by atoms with Gasteiger partial charge in [0, 0.05) is 12.7 Å². The first-order valence-corrected chi connectivity index (χ1v) is 8.72. The van der Waals surface area contributed by atoms with Crippen LogP contribution >= 0.6 is 0 Å². The molecule has 4 rings (SSSR count). The average Bonchev–Trinajstić information content (AvgIpc) is 3.06. The van der Waals surface area contributed by atoms with E-state index in [1.807, 2.05) is 53.2 Å². The van der Waals surface area contributed by atoms with E-state index in [2.05, 4.69) is 15.1 Å². The second-order valence-electron chi connectivity index (χ2n) is 6.63. The Bertz CT molecular complexity index is 903. The number of hydrogen-bond acceptors (Lipinski definition) is 4. The number of aromatic nitrogens is 4. The molecule has 6 nitrogen and oxygen atoms in total. The zero-order valence-corrected chi connectivity index (χ0v) is 14.3. The number of aryl methyl sites for hydroxylation is 1. The summed E-state index contributed by atoms with van der Waals surface area (Å²) in [6.07, 6.45) is 8.62. The first-order chi connectivity index (χ1) is 12.2. The highest BCUT2D eigenvalue weighted by Crippen LogP contribution is 2.21. The minimum absolute atomic E-state index is 0.0353. The van der Waals surface area contributed by atoms with E-state index >= 15 is 0 Å². The number of rotatable bonds is 3. The van der Waals surface area contributed by atoms with Crippen LogP contribution in [0.2, 0.25) is 0 Å². The molecule has 0 saturated carbocycles. The van der Waals surface area contributed by atoms with Gasteiger partial charge in [-0.3, -0.25) is 14.5 Å². The molecule has 1 aliphatic heterocycles. The van der Waals surface area contributed by atoms with Gasteiger partial charge in [-0.15, -0.1) is 0 Å². The van der Waals surface area contributed by atoms with E-state index in [0.29, 0.717) is 5.69 Å². The molecule has 25 heavy (non-hydrogen) atoms. The van der Waals surface area contributed by atoms with Gasteiger partial charge in [-0.05, 0) is 43.9 Å². The summed E-state index contributed by atoms with van der Waals surface area (Å²) in [5.74, 6) is -0.0353. The number of fused-ring (bicyclic) bond motifs is 1. The fraction of sp³-hybridized carbons (Fsp3) is 0.368. The van der Waals surface area contributed by atoms with Gasteiger partial charge in [0.1, 0.15) is 5.69 Å². The van der Waals surface area contributed by atoms with E-state index in [4.69, 9.17) is 0 Å². The molecule has 1 amide bonds. The Labute approximate surface area is 146 Å². The maximum absolute atomic E-state index is 13.0. The quantitative estimate of drug-likeness (QED) is 0.738. The molecule has 3 heterocycles. The van der Waals surface area contributed by atoms with Crippen LogP contribution in [0.4, 0.5) is 0 Å². The van der Waals surface area contributed by atoms with Crippen molar-refractivity contribution in [2.45, 2.75) is 38.8 Å². The Hall–Kier alpha value is -2.76. The standard InChI is InChI=1S/C19H21N5O/c1-14-10-21-23(12-14)13-15-6-4-5-9-24(15)19(25)18-11-20-16-7-2-3-8-17(16)22-18/h2-3,7-8,10-12,15H,4-6,9,13H2,1H3/t15-/m1/s1. The lowest BCUT2D eigenvalue weighted by atomic mass is 10.0. The molecule has 0 aliphatic carbocycles. The minimum atomic E-state index is -0.0353. The van der Waals surface area contributed by atoms with E-state index < -0.39 is 0 Å². The first kappa shape index (κ1) is 15.7. The summed E-state index contributed by atoms with van der Waals surface area (Å²) in [7, 11) is 0. The van der Waals surface area contributed by atoms with Crippen molar-refractivity contribution in [3.63, 3.8) is 0 Å². The van der Waals surface area contributed by atoms with Gasteiger partial charge in [-0.25, -0.2) is 4.98 Å². The summed E-state index contributed by atoms with van der Waals surface area (Å²) in [5.41, 5.74) is 3.11. The largest absolute Gasteiger partial charge is 0.332 e. The van der Waals surface area contributed by atoms with Gasteiger partial charge < -0.3 is 4.90 Å². The smallest absolute Gasteiger partial charge is 0.274 e. The van der Waals surface area contributed by atoms with Crippen molar-refractivity contribution in [3.8, 4) is 0 Å². The Balaban J connectivity index is 1.59. The molecule has 1 aliphatic rings. The number of amides is 1. The molecule has 1 fully saturated rings. The highest BCUT2D eigenvalue weighted by Gasteiger charge is 2.29. The molecule has 128 valence electrons. The lowest BCUT2D eigenvalue weighted by Crippen LogP contribution is -2.46. The van der Waals surface area contributed by atoms with Gasteiger partial charge in [-0.2, -0.15) is 5.10 Å². The highest BCUT2D eigenvalue weighted by molar-refractivity contribution is 5.94. The molecule has 6 heteroatoms. The van der Waals surface area contributed by atoms with Gasteiger partial charge in [0.15, 0.2) is 0 Å². The topological polar surface area (TPSA) is 63.9 Å². The predicted octanol–water partition coefficient (Wildman–Crippen LogP) is 2.83. The zero-order valence-electron chi connectivity index (χ0n) is 14.3. The van der Waals surface area contributed by atoms with Crippen molar-refractivity contribution in [1.29, 1.82) is 0 Å². The number of likely N-dealkylation sites (tertiary alicyclic amines) is 1. The number of piperidine rings is 1. The second-order valence-corrected chi connectivity index (χ2v) is 6.63. The van der Waals surface area contributed by atoms with Gasteiger partial charge in [-0.1, -0.05) is 12.1 Å². The lowest BCUT2D eigenvalue weighted by Gasteiger charge is -2.35. The van der Waals surface area contributed by atoms with Crippen LogP contribution in [0.1, 0.15) is 35.3 Å². The summed E-state index contributed by atoms with van der Waals surface area (Å²) >= 11 is 0. The monoisotopic (exact) mass is 335 g/mol. The Kier molecular flexibility index (Phi) is 4.17. The Morgan fingerprint density at radius 1 is 1.20 bits per heavy atom. The lowest BCUT2D eigenvalue weighted by molar-refractivity contribution is 0.0578. The molecule has 0 N–H and O–H groups in total. The van der Waals surface area contributed by atoms with Crippen LogP contribution in [0.5, 0.6) is 0 Å². The van der Waals surface area contributed by atoms with Crippen LogP contribution in [-0.2, 0) is 6.54 Å². The van der Waals surface area contributed by atoms with E-state index in [1.54, 1.807) is 6.20 Å². The third-order valence-electron chi connectivity index (χ3n) is 4.72. The highest BCUT2D eigenvalue weighted by atomic mass is 16.2. The van der Waals surface area contributed by atoms with Gasteiger partial charge in [0.25, 0.3) is 5.91 Å². The number of nitrogens with zero attached hydrogens (tertiary/aromatic N) is 5. The van der Waals surface area contributed by atoms with Crippen LogP contribution in [0, 0.1) is 6.92 Å². The third kappa shape index (κ3) is 3.24. The number of benzene rings is 1. The van der Waals surface area contributed by atoms with E-state index in [0.717, 1.165) is 48.9 Å². The van der Waals surface area contributed by atoms with Crippen LogP contribution < -0.4 is 0 Å². The maximum atomic E-state index is 13.0. The molecule has 0 radical (unpaired) electrons. The van der Waals surface area contributed by atoms with E-state index in [1.165, 1.54) is 0 Å². The van der Waals surface area contributed by atoms with Crippen molar-refractivity contribution in [3.05, 3.63) is 54.1 Å². The summed E-state index contributed by atoms with van der Waals surface area (Å²) in [6.45, 7) is 3.51. The van der Waals surface area contributed by atoms with Crippen LogP contribution in [0.25, 0.3) is 11.0 Å². The van der Waals surface area contributed by atoms with Gasteiger partial charge in [0.2, 0.25) is 0 Å². The van der Waals surface area contributed by atoms with Crippen molar-refractivity contribution in [2.75, 3.05) is 6.54 Å². The number of para-hydroxylation sites is 2. The Morgan fingerprint density at radius 3 is 2.84 bits per heavy atom. The summed E-state index contributed by atoms with van der Waals surface area (Å²) < 4.78 is 1.93. The van der Waals surface area contributed by atoms with Crippen molar-refractivity contribution in [1.82, 2.24) is 24.6 Å². The fourth-order valence-electron chi connectivity index (χ4n) is 3.45. The summed E-state index contributed by atoms with van der Waals surface area (Å²) in [4.78, 5) is 23.9. The third-order valence-corrected chi connectivity index (χ3v) is 4.72. The van der Waals surface area contributed by atoms with Crippen LogP contribution in [-0.4, -0.2) is 43.1 Å². The van der Waals surface area contributed by atoms with Gasteiger partial charge >= 0.3 is 0 Å². The van der Waals surface area contributed by atoms with Gasteiger partial charge in [0.05, 0.1) is 36.0 Å². The van der Waals surface area contributed by atoms with Crippen LogP contribution in [0.15, 0.2) is 42.9 Å². The maximum Gasteiger partial charge on any atom is 0.274 e. The molecular weight excluding hydrogens is 314 g/mol. The second kappa shape index (κ2) is 6.63. The molecule has 2 aromatic heterocycles. The Morgan fingerprint density at radius 2 is 2.04 bits per heavy atom. The SMILES string of the molecule is Cc1cnn(C[C@H]2CCCCN2C(=O)c2cnc3ccccc3n2)c1. The molecular formula is C19H21N5O. The van der Waals surface area contributed by atoms with E-state index in [9.17, 15) is 4.79 Å². The molecule has 1 saturated heterocycles. The summed E-state index contributed by atoms with van der Waals surface area (Å²) in [5, 5.41) is 4.37. The molecule has 0 spiro atoms. The molecule has 0 unspecified atom stereocenters. The molecule has 1 atom stereocenters. The van der Waals surface area contributed by atoms with Crippen molar-refractivity contribution < 1.29 is 4.79 Å². The number of hydrogen-bond donors (Lipinski definition) is 0. The zero-order chi connectivity index (χ0) is 17.2. The van der Waals surface area contributed by atoms with E-state index in [-0.39, 0.29) is 11.9 Å². The molecule has 1 aromatic carbocycles. The number of carbonyl (C=O) groups excluding carboxylic acids is 1. The van der Waals surface area contributed by atoms with Crippen LogP contribution in [0.3, 0.4) is 0 Å². The summed E-state index contributed by atoms with van der Waals surface area (Å²) in [6, 6.07) is 7.77. The molecule has 0 bridgehead atoms. The predicted molar refractivity (Wildman–Crippen MR) is 95.2 cm³/mol. The first-order valence-electron chi connectivity index (χ1n) is 8.72. The normalized spacial score (nSPS) is 17.8. The average molecular weight is 335 g/mol. The fourth-order valence-corrected chi connectivity index (χ4v) is 3.45.